The highest BCUT2D eigenvalue weighted by atomic mass is 35.5. The molecule has 0 N–H and O–H groups in total. The van der Waals surface area contributed by atoms with Gasteiger partial charge in [-0.2, -0.15) is 0 Å². The van der Waals surface area contributed by atoms with Gasteiger partial charge in [-0.3, -0.25) is 4.98 Å². The van der Waals surface area contributed by atoms with Crippen molar-refractivity contribution in [3.63, 3.8) is 0 Å². The van der Waals surface area contributed by atoms with Crippen LogP contribution in [0.25, 0.3) is 10.9 Å². The highest BCUT2D eigenvalue weighted by Crippen LogP contribution is 2.32. The average Bonchev–Trinajstić information content (AvgIpc) is 2.50. The molecule has 0 unspecified atom stereocenters. The lowest BCUT2D eigenvalue weighted by atomic mass is 10.1. The van der Waals surface area contributed by atoms with Gasteiger partial charge >= 0.3 is 0 Å². The van der Waals surface area contributed by atoms with Gasteiger partial charge in [0.05, 0.1) is 5.02 Å². The molecule has 0 amide bonds. The first-order chi connectivity index (χ1) is 10.1. The van der Waals surface area contributed by atoms with Gasteiger partial charge in [0.25, 0.3) is 0 Å². The molecule has 2 aromatic carbocycles. The number of halogens is 2. The predicted octanol–water partition coefficient (Wildman–Crippen LogP) is 4.91. The molecule has 0 aliphatic rings. The smallest absolute Gasteiger partial charge is 0.149 e. The monoisotopic (exact) mass is 301 g/mol. The number of pyridine rings is 1. The highest BCUT2D eigenvalue weighted by Gasteiger charge is 2.11. The van der Waals surface area contributed by atoms with Crippen LogP contribution in [0.15, 0.2) is 48.7 Å². The van der Waals surface area contributed by atoms with E-state index in [1.54, 1.807) is 6.20 Å². The fourth-order valence-corrected chi connectivity index (χ4v) is 2.34. The molecule has 0 saturated carbocycles. The molecule has 106 valence electrons. The molecule has 0 spiro atoms. The number of hydrogen-bond donors (Lipinski definition) is 0. The van der Waals surface area contributed by atoms with Gasteiger partial charge in [-0.25, -0.2) is 4.39 Å². The zero-order valence-corrected chi connectivity index (χ0v) is 12.2. The fourth-order valence-electron chi connectivity index (χ4n) is 2.15. The van der Waals surface area contributed by atoms with Gasteiger partial charge in [-0.05, 0) is 24.1 Å². The van der Waals surface area contributed by atoms with Crippen molar-refractivity contribution < 1.29 is 9.13 Å². The summed E-state index contributed by atoms with van der Waals surface area (Å²) in [7, 11) is 0. The maximum absolute atomic E-state index is 13.8. The molecular weight excluding hydrogens is 289 g/mol. The van der Waals surface area contributed by atoms with Crippen LogP contribution >= 0.6 is 11.6 Å². The van der Waals surface area contributed by atoms with Crippen LogP contribution in [-0.4, -0.2) is 4.98 Å². The summed E-state index contributed by atoms with van der Waals surface area (Å²) >= 11 is 6.22. The number of hydrogen-bond acceptors (Lipinski definition) is 2. The van der Waals surface area contributed by atoms with Gasteiger partial charge in [0.15, 0.2) is 0 Å². The Labute approximate surface area is 127 Å². The van der Waals surface area contributed by atoms with Crippen molar-refractivity contribution in [2.24, 2.45) is 0 Å². The Bertz CT molecular complexity index is 790. The summed E-state index contributed by atoms with van der Waals surface area (Å²) in [6.45, 7) is 2.19. The van der Waals surface area contributed by atoms with E-state index in [1.165, 1.54) is 12.1 Å². The molecule has 1 aromatic heterocycles. The Hall–Kier alpha value is -2.13. The first-order valence-corrected chi connectivity index (χ1v) is 6.94. The van der Waals surface area contributed by atoms with E-state index in [-0.39, 0.29) is 5.82 Å². The number of aryl methyl sites for hydroxylation is 1. The van der Waals surface area contributed by atoms with Gasteiger partial charge in [0.2, 0.25) is 0 Å². The van der Waals surface area contributed by atoms with Crippen LogP contribution in [-0.2, 0) is 6.61 Å². The van der Waals surface area contributed by atoms with Crippen molar-refractivity contribution >= 4 is 22.5 Å². The molecule has 0 atom stereocenters. The van der Waals surface area contributed by atoms with E-state index in [1.807, 2.05) is 37.3 Å². The van der Waals surface area contributed by atoms with E-state index in [2.05, 4.69) is 4.98 Å². The van der Waals surface area contributed by atoms with Gasteiger partial charge < -0.3 is 4.74 Å². The second kappa shape index (κ2) is 5.70. The molecule has 0 bridgehead atoms. The summed E-state index contributed by atoms with van der Waals surface area (Å²) in [5.41, 5.74) is 2.39. The molecule has 4 heteroatoms. The molecule has 3 aromatic rings. The van der Waals surface area contributed by atoms with Crippen molar-refractivity contribution in [2.75, 3.05) is 0 Å². The summed E-state index contributed by atoms with van der Waals surface area (Å²) in [6, 6.07) is 12.4. The Balaban J connectivity index is 2.00. The molecule has 0 fully saturated rings. The van der Waals surface area contributed by atoms with Crippen LogP contribution in [0, 0.1) is 12.7 Å². The van der Waals surface area contributed by atoms with Crippen LogP contribution in [0.4, 0.5) is 4.39 Å². The van der Waals surface area contributed by atoms with Crippen LogP contribution in [0.5, 0.6) is 5.75 Å². The van der Waals surface area contributed by atoms with Crippen molar-refractivity contribution in [1.29, 1.82) is 0 Å². The Morgan fingerprint density at radius 1 is 1.19 bits per heavy atom. The van der Waals surface area contributed by atoms with Crippen molar-refractivity contribution in [3.8, 4) is 5.75 Å². The Morgan fingerprint density at radius 3 is 2.71 bits per heavy atom. The number of ether oxygens (including phenoxy) is 1. The molecule has 0 saturated heterocycles. The largest absolute Gasteiger partial charge is 0.487 e. The Morgan fingerprint density at radius 2 is 1.95 bits per heavy atom. The number of fused-ring (bicyclic) bond motifs is 1. The standard InChI is InChI=1S/C17H13ClFNO/c1-11-9-20-17-14(16(11)18)7-13(19)8-15(17)21-10-12-5-3-2-4-6-12/h2-9H,10H2,1H3. The van der Waals surface area contributed by atoms with Crippen LogP contribution < -0.4 is 4.74 Å². The second-order valence-corrected chi connectivity index (χ2v) is 5.21. The highest BCUT2D eigenvalue weighted by molar-refractivity contribution is 6.36. The van der Waals surface area contributed by atoms with Crippen LogP contribution in [0.3, 0.4) is 0 Å². The molecule has 2 nitrogen and oxygen atoms in total. The molecule has 1 heterocycles. The number of benzene rings is 2. The van der Waals surface area contributed by atoms with E-state index in [9.17, 15) is 4.39 Å². The second-order valence-electron chi connectivity index (χ2n) is 4.83. The lowest BCUT2D eigenvalue weighted by Crippen LogP contribution is -1.98. The van der Waals surface area contributed by atoms with E-state index in [0.29, 0.717) is 28.3 Å². The zero-order chi connectivity index (χ0) is 14.8. The topological polar surface area (TPSA) is 22.1 Å². The summed E-state index contributed by atoms with van der Waals surface area (Å²) < 4.78 is 19.5. The summed E-state index contributed by atoms with van der Waals surface area (Å²) in [5.74, 6) is 0.00983. The summed E-state index contributed by atoms with van der Waals surface area (Å²) in [4.78, 5) is 4.32. The molecular formula is C17H13ClFNO. The average molecular weight is 302 g/mol. The minimum atomic E-state index is -0.389. The third kappa shape index (κ3) is 2.83. The zero-order valence-electron chi connectivity index (χ0n) is 11.4. The van der Waals surface area contributed by atoms with Crippen LogP contribution in [0.2, 0.25) is 5.02 Å². The molecule has 0 aliphatic heterocycles. The van der Waals surface area contributed by atoms with Gasteiger partial charge in [0.1, 0.15) is 23.7 Å². The predicted molar refractivity (Wildman–Crippen MR) is 82.2 cm³/mol. The number of rotatable bonds is 3. The molecule has 21 heavy (non-hydrogen) atoms. The van der Waals surface area contributed by atoms with E-state index in [0.717, 1.165) is 11.1 Å². The maximum atomic E-state index is 13.8. The van der Waals surface area contributed by atoms with E-state index < -0.39 is 0 Å². The maximum Gasteiger partial charge on any atom is 0.149 e. The molecule has 0 radical (unpaired) electrons. The van der Waals surface area contributed by atoms with Gasteiger partial charge in [-0.1, -0.05) is 41.9 Å². The Kier molecular flexibility index (Phi) is 3.76. The summed E-state index contributed by atoms with van der Waals surface area (Å²) in [6.07, 6.45) is 1.66. The van der Waals surface area contributed by atoms with Crippen molar-refractivity contribution in [3.05, 3.63) is 70.6 Å². The van der Waals surface area contributed by atoms with Crippen LogP contribution in [0.1, 0.15) is 11.1 Å². The normalized spacial score (nSPS) is 10.8. The number of nitrogens with zero attached hydrogens (tertiary/aromatic N) is 1. The lowest BCUT2D eigenvalue weighted by Gasteiger charge is -2.11. The molecule has 3 rings (SSSR count). The SMILES string of the molecule is Cc1cnc2c(OCc3ccccc3)cc(F)cc2c1Cl. The van der Waals surface area contributed by atoms with Crippen molar-refractivity contribution in [2.45, 2.75) is 13.5 Å². The van der Waals surface area contributed by atoms with Gasteiger partial charge in [0, 0.05) is 17.6 Å². The van der Waals surface area contributed by atoms with E-state index >= 15 is 0 Å². The number of aromatic nitrogens is 1. The van der Waals surface area contributed by atoms with Crippen molar-refractivity contribution in [1.82, 2.24) is 4.98 Å². The first kappa shape index (κ1) is 13.8. The summed E-state index contributed by atoms with van der Waals surface area (Å²) in [5, 5.41) is 1.07. The molecule has 0 aliphatic carbocycles. The first-order valence-electron chi connectivity index (χ1n) is 6.56. The van der Waals surface area contributed by atoms with Gasteiger partial charge in [-0.15, -0.1) is 0 Å². The van der Waals surface area contributed by atoms with E-state index in [4.69, 9.17) is 16.3 Å². The lowest BCUT2D eigenvalue weighted by molar-refractivity contribution is 0.308. The quantitative estimate of drug-likeness (QED) is 0.685. The minimum absolute atomic E-state index is 0.354. The third-order valence-electron chi connectivity index (χ3n) is 3.25. The fraction of sp³-hybridized carbons (Fsp3) is 0.118. The minimum Gasteiger partial charge on any atom is -0.487 e. The third-order valence-corrected chi connectivity index (χ3v) is 3.75.